The average molecular weight is 558 g/mol. The van der Waals surface area contributed by atoms with E-state index in [1.54, 1.807) is 0 Å². The van der Waals surface area contributed by atoms with E-state index in [0.717, 1.165) is 18.2 Å². The van der Waals surface area contributed by atoms with Crippen LogP contribution >= 0.6 is 0 Å². The van der Waals surface area contributed by atoms with Crippen LogP contribution in [0.3, 0.4) is 0 Å². The molecule has 0 spiro atoms. The number of rotatable bonds is 6. The van der Waals surface area contributed by atoms with Gasteiger partial charge in [0.2, 0.25) is 0 Å². The van der Waals surface area contributed by atoms with Crippen LogP contribution in [0.4, 0.5) is 0 Å². The predicted octanol–water partition coefficient (Wildman–Crippen LogP) is -7.30. The molecule has 12 nitrogen and oxygen atoms in total. The SMILES string of the molecule is O=C(O)C=Cc1ccc([O-])c(O)c1.O=C(O)C=Cc1ccc([O-])c(O)c1.O=C(O)C=Cc1ccc([O-])c(O)c1.[Li+].[Li+].[Li+]. The van der Waals surface area contributed by atoms with E-state index < -0.39 is 35.2 Å². The van der Waals surface area contributed by atoms with E-state index in [9.17, 15) is 29.7 Å². The van der Waals surface area contributed by atoms with Gasteiger partial charge in [-0.1, -0.05) is 53.6 Å². The first-order valence-corrected chi connectivity index (χ1v) is 10.5. The number of hydrogen-bond donors (Lipinski definition) is 6. The maximum atomic E-state index is 10.7. The van der Waals surface area contributed by atoms with Crippen LogP contribution in [0.25, 0.3) is 18.2 Å². The summed E-state index contributed by atoms with van der Waals surface area (Å²) in [6.07, 6.45) is 6.67. The third-order valence-electron chi connectivity index (χ3n) is 4.20. The maximum Gasteiger partial charge on any atom is 1.00 e. The summed E-state index contributed by atoms with van der Waals surface area (Å²) in [5.41, 5.74) is 1.42. The second-order valence-electron chi connectivity index (χ2n) is 7.20. The van der Waals surface area contributed by atoms with E-state index >= 15 is 0 Å². The largest absolute Gasteiger partial charge is 1.00 e. The van der Waals surface area contributed by atoms with Crippen LogP contribution in [0.2, 0.25) is 0 Å². The van der Waals surface area contributed by atoms with Gasteiger partial charge in [0.25, 0.3) is 0 Å². The topological polar surface area (TPSA) is 242 Å². The van der Waals surface area contributed by atoms with E-state index in [1.807, 2.05) is 0 Å². The molecule has 0 aromatic heterocycles. The molecule has 6 N–H and O–H groups in total. The molecule has 3 aromatic rings. The minimum absolute atomic E-state index is 0. The van der Waals surface area contributed by atoms with E-state index in [4.69, 9.17) is 30.6 Å². The fraction of sp³-hybridized carbons (Fsp3) is 0. The van der Waals surface area contributed by atoms with Crippen molar-refractivity contribution >= 4 is 36.1 Å². The van der Waals surface area contributed by atoms with Crippen molar-refractivity contribution in [2.24, 2.45) is 0 Å². The molecule has 0 aliphatic carbocycles. The summed E-state index contributed by atoms with van der Waals surface area (Å²) in [4.78, 5) is 30.3. The van der Waals surface area contributed by atoms with Crippen molar-refractivity contribution in [3.8, 4) is 34.5 Å². The van der Waals surface area contributed by atoms with Crippen molar-refractivity contribution in [3.63, 3.8) is 0 Å². The molecule has 0 bridgehead atoms. The Labute approximate surface area is 275 Å². The zero-order chi connectivity index (χ0) is 29.5. The molecule has 204 valence electrons. The predicted molar refractivity (Wildman–Crippen MR) is 133 cm³/mol. The minimum atomic E-state index is -1.08. The van der Waals surface area contributed by atoms with Crippen LogP contribution in [0.5, 0.6) is 34.5 Å². The van der Waals surface area contributed by atoms with Crippen molar-refractivity contribution in [2.75, 3.05) is 0 Å². The third-order valence-corrected chi connectivity index (χ3v) is 4.20. The Hall–Kier alpha value is -4.12. The molecule has 0 saturated carbocycles. The van der Waals surface area contributed by atoms with Crippen LogP contribution in [0.1, 0.15) is 16.7 Å². The summed E-state index contributed by atoms with van der Waals surface area (Å²) in [5.74, 6) is -5.82. The molecule has 0 amide bonds. The number of aromatic hydroxyl groups is 3. The van der Waals surface area contributed by atoms with Gasteiger partial charge in [-0.25, -0.2) is 14.4 Å². The fourth-order valence-corrected chi connectivity index (χ4v) is 2.42. The maximum absolute atomic E-state index is 10.7. The number of benzene rings is 3. The molecular weight excluding hydrogens is 537 g/mol. The molecule has 0 aliphatic heterocycles. The molecule has 0 atom stereocenters. The Morgan fingerprint density at radius 3 is 0.857 bits per heavy atom. The third kappa shape index (κ3) is 17.5. The molecule has 0 radical (unpaired) electrons. The minimum Gasteiger partial charge on any atom is -0.870 e. The van der Waals surface area contributed by atoms with Gasteiger partial charge >= 0.3 is 74.5 Å². The van der Waals surface area contributed by atoms with E-state index in [1.165, 1.54) is 72.8 Å². The number of hydrogen-bond acceptors (Lipinski definition) is 9. The first-order valence-electron chi connectivity index (χ1n) is 10.5. The number of phenols is 3. The van der Waals surface area contributed by atoms with E-state index in [2.05, 4.69) is 0 Å². The Balaban J connectivity index is -0.000000524. The van der Waals surface area contributed by atoms with Crippen molar-refractivity contribution < 1.29 is 117 Å². The second kappa shape index (κ2) is 21.6. The van der Waals surface area contributed by atoms with Gasteiger partial charge in [0.1, 0.15) is 17.2 Å². The molecule has 0 heterocycles. The smallest absolute Gasteiger partial charge is 0.870 e. The zero-order valence-corrected chi connectivity index (χ0v) is 22.8. The van der Waals surface area contributed by atoms with Gasteiger partial charge in [-0.05, 0) is 53.1 Å². The van der Waals surface area contributed by atoms with Gasteiger partial charge in [-0.2, -0.15) is 0 Å². The number of phenolic OH excluding ortho intramolecular Hbond substituents is 3. The Kier molecular flexibility index (Phi) is 21.8. The molecule has 0 saturated heterocycles. The van der Waals surface area contributed by atoms with Crippen LogP contribution in [0.15, 0.2) is 72.8 Å². The Bertz CT molecular complexity index is 1250. The number of aliphatic carboxylic acids is 3. The molecule has 3 rings (SSSR count). The average Bonchev–Trinajstić information content (AvgIpc) is 2.87. The first-order chi connectivity index (χ1) is 18.3. The fourth-order valence-electron chi connectivity index (χ4n) is 2.42. The number of carbonyl (C=O) groups is 3. The number of carboxylic acids is 3. The van der Waals surface area contributed by atoms with Crippen molar-refractivity contribution in [1.82, 2.24) is 0 Å². The molecule has 3 aromatic carbocycles. The molecule has 42 heavy (non-hydrogen) atoms. The quantitative estimate of drug-likeness (QED) is 0.122. The van der Waals surface area contributed by atoms with Gasteiger partial charge in [-0.3, -0.25) is 0 Å². The van der Waals surface area contributed by atoms with Gasteiger partial charge in [-0.15, -0.1) is 0 Å². The van der Waals surface area contributed by atoms with Crippen LogP contribution in [-0.4, -0.2) is 48.5 Å². The summed E-state index contributed by atoms with van der Waals surface area (Å²) in [5, 5.41) is 83.9. The standard InChI is InChI=1S/3C9H8O4.3Li/c3*10-7-3-1-6(5-8(7)11)2-4-9(12)13;;;/h3*1-5,10-11H,(H,12,13);;;/q;;;3*+1/p-3. The van der Waals surface area contributed by atoms with Crippen LogP contribution < -0.4 is 71.9 Å². The van der Waals surface area contributed by atoms with Crippen molar-refractivity contribution in [3.05, 3.63) is 89.5 Å². The van der Waals surface area contributed by atoms with Crippen molar-refractivity contribution in [2.45, 2.75) is 0 Å². The van der Waals surface area contributed by atoms with E-state index in [-0.39, 0.29) is 73.8 Å². The molecule has 0 aliphatic rings. The summed E-state index contributed by atoms with van der Waals surface area (Å²) in [6, 6.07) is 11.5. The summed E-state index contributed by atoms with van der Waals surface area (Å²) >= 11 is 0. The Morgan fingerprint density at radius 2 is 0.690 bits per heavy atom. The molecule has 15 heteroatoms. The Morgan fingerprint density at radius 1 is 0.476 bits per heavy atom. The monoisotopic (exact) mass is 558 g/mol. The first kappa shape index (κ1) is 42.4. The van der Waals surface area contributed by atoms with Crippen LogP contribution in [-0.2, 0) is 14.4 Å². The van der Waals surface area contributed by atoms with Gasteiger partial charge in [0, 0.05) is 18.2 Å². The van der Waals surface area contributed by atoms with Crippen LogP contribution in [0, 0.1) is 0 Å². The summed E-state index contributed by atoms with van der Waals surface area (Å²) < 4.78 is 0. The normalized spacial score (nSPS) is 9.71. The summed E-state index contributed by atoms with van der Waals surface area (Å²) in [6.45, 7) is 0. The van der Waals surface area contributed by atoms with E-state index in [0.29, 0.717) is 16.7 Å². The van der Waals surface area contributed by atoms with Gasteiger partial charge in [0.15, 0.2) is 0 Å². The molecule has 0 unspecified atom stereocenters. The molecule has 0 fully saturated rings. The summed E-state index contributed by atoms with van der Waals surface area (Å²) in [7, 11) is 0. The van der Waals surface area contributed by atoms with Crippen molar-refractivity contribution in [1.29, 1.82) is 0 Å². The molecular formula is C27H21Li3O12. The van der Waals surface area contributed by atoms with Gasteiger partial charge < -0.3 is 46.0 Å². The zero-order valence-electron chi connectivity index (χ0n) is 22.8. The second-order valence-corrected chi connectivity index (χ2v) is 7.20. The van der Waals surface area contributed by atoms with Gasteiger partial charge in [0.05, 0.1) is 0 Å². The number of carboxylic acid groups (broad SMARTS) is 3.